The van der Waals surface area contributed by atoms with Crippen molar-refractivity contribution in [3.8, 4) is 0 Å². The van der Waals surface area contributed by atoms with E-state index in [0.29, 0.717) is 18.0 Å². The zero-order valence-electron chi connectivity index (χ0n) is 13.3. The average molecular weight is 407 g/mol. The van der Waals surface area contributed by atoms with Gasteiger partial charge in [-0.2, -0.15) is 0 Å². The third-order valence-corrected chi connectivity index (χ3v) is 5.56. The van der Waals surface area contributed by atoms with Gasteiger partial charge in [-0.25, -0.2) is 0 Å². The lowest BCUT2D eigenvalue weighted by atomic mass is 9.49. The molecule has 3 N–H and O–H groups in total. The van der Waals surface area contributed by atoms with Gasteiger partial charge in [-0.1, -0.05) is 0 Å². The average Bonchev–Trinajstić information content (AvgIpc) is 2.35. The molecule has 5 heteroatoms. The van der Waals surface area contributed by atoms with E-state index >= 15 is 0 Å². The second kappa shape index (κ2) is 7.02. The number of guanidine groups is 1. The Labute approximate surface area is 145 Å². The summed E-state index contributed by atoms with van der Waals surface area (Å²) in [5, 5.41) is 3.22. The summed E-state index contributed by atoms with van der Waals surface area (Å²) in [7, 11) is 1.71. The highest BCUT2D eigenvalue weighted by atomic mass is 127. The van der Waals surface area contributed by atoms with Gasteiger partial charge in [0.05, 0.1) is 6.61 Å². The van der Waals surface area contributed by atoms with Crippen molar-refractivity contribution in [2.45, 2.75) is 51.5 Å². The maximum atomic E-state index is 6.02. The maximum Gasteiger partial charge on any atom is 0.188 e. The molecule has 0 aromatic heterocycles. The minimum Gasteiger partial charge on any atom is -0.383 e. The van der Waals surface area contributed by atoms with Crippen molar-refractivity contribution in [2.24, 2.45) is 33.9 Å². The number of methoxy groups -OCH3 is 1. The van der Waals surface area contributed by atoms with Crippen LogP contribution in [0.25, 0.3) is 0 Å². The minimum atomic E-state index is 0. The molecule has 0 radical (unpaired) electrons. The molecule has 4 aliphatic carbocycles. The van der Waals surface area contributed by atoms with E-state index in [1.165, 1.54) is 38.5 Å². The van der Waals surface area contributed by atoms with E-state index in [1.54, 1.807) is 7.11 Å². The standard InChI is InChI=1S/C16H29N3O.HI/c1-11(9-20-2)19-15(17)18-10-16-6-12-3-13(7-16)5-14(4-12)8-16;/h11-14H,3-10H2,1-2H3,(H3,17,18,19);1H. The van der Waals surface area contributed by atoms with Crippen LogP contribution in [-0.2, 0) is 4.74 Å². The minimum absolute atomic E-state index is 0. The summed E-state index contributed by atoms with van der Waals surface area (Å²) < 4.78 is 5.11. The molecular weight excluding hydrogens is 377 g/mol. The molecule has 0 heterocycles. The predicted molar refractivity (Wildman–Crippen MR) is 97.0 cm³/mol. The van der Waals surface area contributed by atoms with Gasteiger partial charge >= 0.3 is 0 Å². The van der Waals surface area contributed by atoms with Crippen LogP contribution >= 0.6 is 24.0 Å². The first-order valence-corrected chi connectivity index (χ1v) is 8.14. The molecule has 4 aliphatic rings. The Morgan fingerprint density at radius 2 is 1.76 bits per heavy atom. The number of ether oxygens (including phenoxy) is 1. The maximum absolute atomic E-state index is 6.02. The molecular formula is C16H30IN3O. The zero-order valence-corrected chi connectivity index (χ0v) is 15.6. The largest absolute Gasteiger partial charge is 0.383 e. The topological polar surface area (TPSA) is 59.6 Å². The Hall–Kier alpha value is -0.0400. The summed E-state index contributed by atoms with van der Waals surface area (Å²) in [5.41, 5.74) is 6.50. The monoisotopic (exact) mass is 407 g/mol. The quantitative estimate of drug-likeness (QED) is 0.419. The van der Waals surface area contributed by atoms with Gasteiger partial charge in [0.2, 0.25) is 0 Å². The van der Waals surface area contributed by atoms with Crippen molar-refractivity contribution in [1.29, 1.82) is 0 Å². The fourth-order valence-corrected chi connectivity index (χ4v) is 5.33. The van der Waals surface area contributed by atoms with Crippen LogP contribution in [0.4, 0.5) is 0 Å². The first-order chi connectivity index (χ1) is 9.58. The molecule has 0 saturated heterocycles. The molecule has 0 aliphatic heterocycles. The highest BCUT2D eigenvalue weighted by Crippen LogP contribution is 2.60. The molecule has 4 bridgehead atoms. The number of rotatable bonds is 5. The zero-order chi connectivity index (χ0) is 14.2. The van der Waals surface area contributed by atoms with E-state index in [9.17, 15) is 0 Å². The molecule has 0 aromatic rings. The number of halogens is 1. The van der Waals surface area contributed by atoms with Crippen molar-refractivity contribution in [3.05, 3.63) is 0 Å². The van der Waals surface area contributed by atoms with Gasteiger partial charge in [0.15, 0.2) is 5.96 Å². The summed E-state index contributed by atoms with van der Waals surface area (Å²) in [4.78, 5) is 4.66. The van der Waals surface area contributed by atoms with Crippen LogP contribution in [-0.4, -0.2) is 32.3 Å². The normalized spacial score (nSPS) is 39.0. The number of aliphatic imine (C=N–C) groups is 1. The smallest absolute Gasteiger partial charge is 0.188 e. The Morgan fingerprint density at radius 3 is 2.24 bits per heavy atom. The molecule has 4 nitrogen and oxygen atoms in total. The Kier molecular flexibility index (Phi) is 5.79. The third-order valence-electron chi connectivity index (χ3n) is 5.56. The summed E-state index contributed by atoms with van der Waals surface area (Å²) >= 11 is 0. The second-order valence-electron chi connectivity index (χ2n) is 7.62. The fraction of sp³-hybridized carbons (Fsp3) is 0.938. The van der Waals surface area contributed by atoms with E-state index in [-0.39, 0.29) is 30.0 Å². The Bertz CT molecular complexity index is 350. The summed E-state index contributed by atoms with van der Waals surface area (Å²) in [6.07, 6.45) is 8.64. The van der Waals surface area contributed by atoms with Crippen LogP contribution in [0.3, 0.4) is 0 Å². The molecule has 4 fully saturated rings. The molecule has 122 valence electrons. The van der Waals surface area contributed by atoms with Crippen LogP contribution in [0, 0.1) is 23.2 Å². The predicted octanol–water partition coefficient (Wildman–Crippen LogP) is 2.76. The molecule has 0 amide bonds. The lowest BCUT2D eigenvalue weighted by Gasteiger charge is -2.56. The fourth-order valence-electron chi connectivity index (χ4n) is 5.33. The first kappa shape index (κ1) is 17.3. The molecule has 4 rings (SSSR count). The second-order valence-corrected chi connectivity index (χ2v) is 7.62. The summed E-state index contributed by atoms with van der Waals surface area (Å²) in [5.74, 6) is 3.54. The first-order valence-electron chi connectivity index (χ1n) is 8.14. The number of nitrogens with two attached hydrogens (primary N) is 1. The number of nitrogens with zero attached hydrogens (tertiary/aromatic N) is 1. The van der Waals surface area contributed by atoms with Gasteiger partial charge in [-0.15, -0.1) is 24.0 Å². The highest BCUT2D eigenvalue weighted by Gasteiger charge is 2.50. The number of hydrogen-bond acceptors (Lipinski definition) is 2. The van der Waals surface area contributed by atoms with Crippen molar-refractivity contribution in [1.82, 2.24) is 5.32 Å². The van der Waals surface area contributed by atoms with Gasteiger partial charge in [0.1, 0.15) is 0 Å². The lowest BCUT2D eigenvalue weighted by molar-refractivity contribution is -0.0465. The van der Waals surface area contributed by atoms with Crippen LogP contribution in [0.15, 0.2) is 4.99 Å². The van der Waals surface area contributed by atoms with Gasteiger partial charge in [0, 0.05) is 19.7 Å². The number of hydrogen-bond donors (Lipinski definition) is 2. The van der Waals surface area contributed by atoms with E-state index in [1.807, 2.05) is 0 Å². The molecule has 0 aromatic carbocycles. The molecule has 21 heavy (non-hydrogen) atoms. The van der Waals surface area contributed by atoms with E-state index in [0.717, 1.165) is 24.3 Å². The summed E-state index contributed by atoms with van der Waals surface area (Å²) in [6, 6.07) is 0.222. The molecule has 1 atom stereocenters. The van der Waals surface area contributed by atoms with Crippen LogP contribution < -0.4 is 11.1 Å². The third kappa shape index (κ3) is 4.03. The summed E-state index contributed by atoms with van der Waals surface area (Å²) in [6.45, 7) is 3.65. The van der Waals surface area contributed by atoms with E-state index in [2.05, 4.69) is 17.2 Å². The van der Waals surface area contributed by atoms with Crippen molar-refractivity contribution in [2.75, 3.05) is 20.3 Å². The lowest BCUT2D eigenvalue weighted by Crippen LogP contribution is -2.48. The Balaban J connectivity index is 0.00000161. The van der Waals surface area contributed by atoms with Crippen molar-refractivity contribution in [3.63, 3.8) is 0 Å². The molecule has 1 unspecified atom stereocenters. The van der Waals surface area contributed by atoms with Crippen LogP contribution in [0.2, 0.25) is 0 Å². The van der Waals surface area contributed by atoms with Gasteiger partial charge < -0.3 is 15.8 Å². The Morgan fingerprint density at radius 1 is 1.24 bits per heavy atom. The van der Waals surface area contributed by atoms with Gasteiger partial charge in [-0.3, -0.25) is 4.99 Å². The highest BCUT2D eigenvalue weighted by molar-refractivity contribution is 14.0. The van der Waals surface area contributed by atoms with Gasteiger partial charge in [0.25, 0.3) is 0 Å². The van der Waals surface area contributed by atoms with Crippen molar-refractivity contribution < 1.29 is 4.74 Å². The van der Waals surface area contributed by atoms with E-state index in [4.69, 9.17) is 10.5 Å². The van der Waals surface area contributed by atoms with Gasteiger partial charge in [-0.05, 0) is 68.6 Å². The molecule has 0 spiro atoms. The molecule has 4 saturated carbocycles. The van der Waals surface area contributed by atoms with E-state index < -0.39 is 0 Å². The number of nitrogens with one attached hydrogen (secondary N) is 1. The SMILES string of the molecule is COCC(C)NC(N)=NCC12CC3CC(CC(C3)C1)C2.I. The van der Waals surface area contributed by atoms with Crippen LogP contribution in [0.5, 0.6) is 0 Å². The van der Waals surface area contributed by atoms with Crippen LogP contribution in [0.1, 0.15) is 45.4 Å². The van der Waals surface area contributed by atoms with Crippen molar-refractivity contribution >= 4 is 29.9 Å².